The minimum Gasteiger partial charge on any atom is -0.461 e. The predicted molar refractivity (Wildman–Crippen MR) is 68.0 cm³/mol. The number of carbonyl (C=O) groups is 1. The van der Waals surface area contributed by atoms with E-state index in [1.807, 2.05) is 18.2 Å². The van der Waals surface area contributed by atoms with Gasteiger partial charge in [0.25, 0.3) is 0 Å². The van der Waals surface area contributed by atoms with Crippen LogP contribution in [0.2, 0.25) is 0 Å². The number of aliphatic hydroxyl groups is 1. The van der Waals surface area contributed by atoms with Gasteiger partial charge in [-0.2, -0.15) is 0 Å². The van der Waals surface area contributed by atoms with E-state index >= 15 is 0 Å². The number of rotatable bonds is 3. The molecule has 0 radical (unpaired) electrons. The topological polar surface area (TPSA) is 46.5 Å². The summed E-state index contributed by atoms with van der Waals surface area (Å²) in [5.41, 5.74) is 0.276. The van der Waals surface area contributed by atoms with Gasteiger partial charge in [-0.1, -0.05) is 18.2 Å². The van der Waals surface area contributed by atoms with E-state index in [1.165, 1.54) is 11.8 Å². The maximum atomic E-state index is 11.7. The van der Waals surface area contributed by atoms with Crippen LogP contribution in [0, 0.1) is 0 Å². The standard InChI is InChI=1S/C13H16O3S/c14-12-8-4-7-11(17-12)9-16-13(15)10-5-2-1-3-6-10/h1-3,5-6,11-12,14H,4,7-9H2. The van der Waals surface area contributed by atoms with Gasteiger partial charge in [0.2, 0.25) is 0 Å². The highest BCUT2D eigenvalue weighted by atomic mass is 32.2. The second-order valence-electron chi connectivity index (χ2n) is 4.11. The average molecular weight is 252 g/mol. The highest BCUT2D eigenvalue weighted by Crippen LogP contribution is 2.30. The molecule has 0 spiro atoms. The lowest BCUT2D eigenvalue weighted by molar-refractivity contribution is 0.0499. The summed E-state index contributed by atoms with van der Waals surface area (Å²) in [7, 11) is 0. The summed E-state index contributed by atoms with van der Waals surface area (Å²) in [5.74, 6) is -0.286. The molecule has 1 aromatic carbocycles. The van der Waals surface area contributed by atoms with E-state index in [0.29, 0.717) is 12.2 Å². The molecule has 0 aliphatic carbocycles. The van der Waals surface area contributed by atoms with Crippen LogP contribution in [-0.4, -0.2) is 28.4 Å². The first-order valence-corrected chi connectivity index (χ1v) is 6.75. The molecule has 1 fully saturated rings. The van der Waals surface area contributed by atoms with Crippen molar-refractivity contribution in [1.82, 2.24) is 0 Å². The highest BCUT2D eigenvalue weighted by Gasteiger charge is 2.22. The minimum absolute atomic E-state index is 0.228. The summed E-state index contributed by atoms with van der Waals surface area (Å²) in [5, 5.41) is 9.71. The summed E-state index contributed by atoms with van der Waals surface area (Å²) >= 11 is 1.50. The molecule has 0 saturated carbocycles. The third-order valence-electron chi connectivity index (χ3n) is 2.74. The molecule has 17 heavy (non-hydrogen) atoms. The monoisotopic (exact) mass is 252 g/mol. The Balaban J connectivity index is 1.80. The molecule has 3 nitrogen and oxygen atoms in total. The molecule has 0 bridgehead atoms. The lowest BCUT2D eigenvalue weighted by Gasteiger charge is -2.24. The zero-order valence-corrected chi connectivity index (χ0v) is 10.4. The van der Waals surface area contributed by atoms with Crippen molar-refractivity contribution < 1.29 is 14.6 Å². The average Bonchev–Trinajstić information content (AvgIpc) is 2.37. The lowest BCUT2D eigenvalue weighted by Crippen LogP contribution is -2.23. The molecule has 1 N–H and O–H groups in total. The number of thioether (sulfide) groups is 1. The number of benzene rings is 1. The Morgan fingerprint density at radius 2 is 2.12 bits per heavy atom. The Morgan fingerprint density at radius 1 is 1.35 bits per heavy atom. The number of hydrogen-bond acceptors (Lipinski definition) is 4. The third-order valence-corrected chi connectivity index (χ3v) is 4.04. The quantitative estimate of drug-likeness (QED) is 0.839. The molecule has 1 aliphatic rings. The Hall–Kier alpha value is -1.00. The van der Waals surface area contributed by atoms with Gasteiger partial charge >= 0.3 is 5.97 Å². The van der Waals surface area contributed by atoms with Crippen LogP contribution in [-0.2, 0) is 4.74 Å². The van der Waals surface area contributed by atoms with Crippen molar-refractivity contribution in [3.63, 3.8) is 0 Å². The van der Waals surface area contributed by atoms with Crippen molar-refractivity contribution in [2.45, 2.75) is 29.9 Å². The van der Waals surface area contributed by atoms with E-state index in [4.69, 9.17) is 4.74 Å². The molecule has 92 valence electrons. The summed E-state index contributed by atoms with van der Waals surface area (Å²) < 4.78 is 5.24. The molecule has 4 heteroatoms. The van der Waals surface area contributed by atoms with Crippen LogP contribution >= 0.6 is 11.8 Å². The van der Waals surface area contributed by atoms with Gasteiger partial charge in [0, 0.05) is 5.25 Å². The number of ether oxygens (including phenoxy) is 1. The van der Waals surface area contributed by atoms with Crippen LogP contribution in [0.15, 0.2) is 30.3 Å². The molecule has 0 amide bonds. The number of esters is 1. The van der Waals surface area contributed by atoms with Crippen LogP contribution in [0.1, 0.15) is 29.6 Å². The first-order chi connectivity index (χ1) is 8.25. The molecular weight excluding hydrogens is 236 g/mol. The predicted octanol–water partition coefficient (Wildman–Crippen LogP) is 2.45. The van der Waals surface area contributed by atoms with Crippen molar-refractivity contribution in [2.75, 3.05) is 6.61 Å². The lowest BCUT2D eigenvalue weighted by atomic mass is 10.2. The number of carbonyl (C=O) groups excluding carboxylic acids is 1. The molecule has 2 rings (SSSR count). The first-order valence-electron chi connectivity index (χ1n) is 5.81. The fourth-order valence-corrected chi connectivity index (χ4v) is 3.02. The molecule has 0 aromatic heterocycles. The fraction of sp³-hybridized carbons (Fsp3) is 0.462. The summed E-state index contributed by atoms with van der Waals surface area (Å²) in [4.78, 5) is 11.7. The largest absolute Gasteiger partial charge is 0.461 e. The summed E-state index contributed by atoms with van der Waals surface area (Å²) in [6.07, 6.45) is 2.85. The minimum atomic E-state index is -0.302. The van der Waals surface area contributed by atoms with Gasteiger partial charge in [0.05, 0.1) is 11.0 Å². The zero-order chi connectivity index (χ0) is 12.1. The van der Waals surface area contributed by atoms with Crippen molar-refractivity contribution in [1.29, 1.82) is 0 Å². The Labute approximate surface area is 105 Å². The van der Waals surface area contributed by atoms with Crippen LogP contribution < -0.4 is 0 Å². The second-order valence-corrected chi connectivity index (χ2v) is 5.59. The van der Waals surface area contributed by atoms with Crippen molar-refractivity contribution in [3.8, 4) is 0 Å². The molecule has 2 atom stereocenters. The van der Waals surface area contributed by atoms with Gasteiger partial charge < -0.3 is 9.84 Å². The molecule has 1 heterocycles. The fourth-order valence-electron chi connectivity index (χ4n) is 1.83. The first kappa shape index (κ1) is 12.5. The smallest absolute Gasteiger partial charge is 0.338 e. The van der Waals surface area contributed by atoms with E-state index in [9.17, 15) is 9.90 Å². The number of hydrogen-bond donors (Lipinski definition) is 1. The van der Waals surface area contributed by atoms with Gasteiger partial charge in [-0.15, -0.1) is 11.8 Å². The van der Waals surface area contributed by atoms with E-state index in [-0.39, 0.29) is 16.7 Å². The molecule has 2 unspecified atom stereocenters. The van der Waals surface area contributed by atoms with Gasteiger partial charge in [-0.05, 0) is 31.4 Å². The summed E-state index contributed by atoms with van der Waals surface area (Å²) in [6.45, 7) is 0.384. The van der Waals surface area contributed by atoms with E-state index in [0.717, 1.165) is 19.3 Å². The Morgan fingerprint density at radius 3 is 2.82 bits per heavy atom. The summed E-state index contributed by atoms with van der Waals surface area (Å²) in [6, 6.07) is 8.98. The third kappa shape index (κ3) is 3.75. The van der Waals surface area contributed by atoms with E-state index < -0.39 is 0 Å². The van der Waals surface area contributed by atoms with Crippen LogP contribution in [0.4, 0.5) is 0 Å². The van der Waals surface area contributed by atoms with Crippen molar-refractivity contribution in [3.05, 3.63) is 35.9 Å². The van der Waals surface area contributed by atoms with E-state index in [1.54, 1.807) is 12.1 Å². The second kappa shape index (κ2) is 6.07. The van der Waals surface area contributed by atoms with Crippen LogP contribution in [0.25, 0.3) is 0 Å². The molecule has 1 saturated heterocycles. The molecule has 1 aliphatic heterocycles. The van der Waals surface area contributed by atoms with Crippen LogP contribution in [0.3, 0.4) is 0 Å². The highest BCUT2D eigenvalue weighted by molar-refractivity contribution is 8.00. The normalized spacial score (nSPS) is 24.3. The molecular formula is C13H16O3S. The van der Waals surface area contributed by atoms with Gasteiger partial charge in [0.1, 0.15) is 6.61 Å². The maximum absolute atomic E-state index is 11.7. The van der Waals surface area contributed by atoms with Crippen molar-refractivity contribution in [2.24, 2.45) is 0 Å². The van der Waals surface area contributed by atoms with E-state index in [2.05, 4.69) is 0 Å². The van der Waals surface area contributed by atoms with Crippen LogP contribution in [0.5, 0.6) is 0 Å². The zero-order valence-electron chi connectivity index (χ0n) is 9.54. The van der Waals surface area contributed by atoms with Gasteiger partial charge in [0.15, 0.2) is 0 Å². The maximum Gasteiger partial charge on any atom is 0.338 e. The van der Waals surface area contributed by atoms with Gasteiger partial charge in [-0.3, -0.25) is 0 Å². The van der Waals surface area contributed by atoms with Gasteiger partial charge in [-0.25, -0.2) is 4.79 Å². The molecule has 1 aromatic rings. The Bertz CT molecular complexity index is 366. The Kier molecular flexibility index (Phi) is 4.45. The van der Waals surface area contributed by atoms with Crippen molar-refractivity contribution >= 4 is 17.7 Å². The SMILES string of the molecule is O=C(OCC1CCCC(O)S1)c1ccccc1. The number of aliphatic hydroxyl groups excluding tert-OH is 1.